The van der Waals surface area contributed by atoms with Gasteiger partial charge >= 0.3 is 0 Å². The molecular weight excluding hydrogens is 314 g/mol. The van der Waals surface area contributed by atoms with Gasteiger partial charge < -0.3 is 15.2 Å². The van der Waals surface area contributed by atoms with Crippen LogP contribution in [0.5, 0.6) is 0 Å². The Morgan fingerprint density at radius 3 is 2.91 bits per heavy atom. The van der Waals surface area contributed by atoms with Gasteiger partial charge in [0.1, 0.15) is 0 Å². The molecule has 6 heteroatoms. The topological polar surface area (TPSA) is 67.2 Å². The largest absolute Gasteiger partial charge is 0.355 e. The molecule has 0 radical (unpaired) electrons. The van der Waals surface area contributed by atoms with E-state index in [1.807, 2.05) is 12.1 Å². The molecule has 5 nitrogen and oxygen atoms in total. The van der Waals surface area contributed by atoms with Crippen LogP contribution in [-0.4, -0.2) is 30.7 Å². The zero-order chi connectivity index (χ0) is 16.3. The number of hydrogen-bond acceptors (Lipinski definition) is 4. The van der Waals surface area contributed by atoms with Gasteiger partial charge in [-0.1, -0.05) is 35.8 Å². The van der Waals surface area contributed by atoms with Crippen LogP contribution in [-0.2, 0) is 0 Å². The molecule has 0 saturated carbocycles. The fourth-order valence-electron chi connectivity index (χ4n) is 2.75. The number of rotatable bonds is 4. The Morgan fingerprint density at radius 1 is 1.39 bits per heavy atom. The summed E-state index contributed by atoms with van der Waals surface area (Å²) in [6.07, 6.45) is 2.11. The van der Waals surface area contributed by atoms with E-state index in [4.69, 9.17) is 16.1 Å². The lowest BCUT2D eigenvalue weighted by Crippen LogP contribution is -2.42. The van der Waals surface area contributed by atoms with Crippen molar-refractivity contribution in [2.45, 2.75) is 19.8 Å². The van der Waals surface area contributed by atoms with Gasteiger partial charge in [-0.25, -0.2) is 0 Å². The first kappa shape index (κ1) is 16.0. The molecule has 0 unspecified atom stereocenters. The highest BCUT2D eigenvalue weighted by atomic mass is 35.5. The van der Waals surface area contributed by atoms with Crippen molar-refractivity contribution in [1.29, 1.82) is 0 Å². The summed E-state index contributed by atoms with van der Waals surface area (Å²) in [5.74, 6) is 0.326. The molecule has 23 heavy (non-hydrogen) atoms. The molecule has 1 saturated heterocycles. The van der Waals surface area contributed by atoms with Crippen molar-refractivity contribution in [1.82, 2.24) is 15.8 Å². The first-order valence-corrected chi connectivity index (χ1v) is 8.15. The summed E-state index contributed by atoms with van der Waals surface area (Å²) in [5.41, 5.74) is 1.23. The zero-order valence-electron chi connectivity index (χ0n) is 13.1. The minimum absolute atomic E-state index is 0.139. The highest BCUT2D eigenvalue weighted by Gasteiger charge is 2.27. The third kappa shape index (κ3) is 3.92. The Kier molecular flexibility index (Phi) is 4.68. The van der Waals surface area contributed by atoms with Crippen LogP contribution in [0, 0.1) is 5.41 Å². The maximum absolute atomic E-state index is 12.3. The molecule has 1 aliphatic rings. The molecular formula is C17H20ClN3O2. The lowest BCUT2D eigenvalue weighted by Gasteiger charge is -2.33. The number of aromatic nitrogens is 1. The molecule has 2 N–H and O–H groups in total. The number of benzene rings is 1. The molecule has 2 aromatic rings. The summed E-state index contributed by atoms with van der Waals surface area (Å²) in [6.45, 7) is 4.84. The molecule has 0 bridgehead atoms. The van der Waals surface area contributed by atoms with Crippen molar-refractivity contribution in [3.8, 4) is 11.3 Å². The van der Waals surface area contributed by atoms with Gasteiger partial charge in [0.25, 0.3) is 5.91 Å². The summed E-state index contributed by atoms with van der Waals surface area (Å²) in [6, 6.07) is 8.91. The molecule has 1 fully saturated rings. The Morgan fingerprint density at radius 2 is 2.17 bits per heavy atom. The van der Waals surface area contributed by atoms with E-state index >= 15 is 0 Å². The summed E-state index contributed by atoms with van der Waals surface area (Å²) in [5, 5.41) is 10.8. The van der Waals surface area contributed by atoms with Gasteiger partial charge in [0, 0.05) is 23.2 Å². The van der Waals surface area contributed by atoms with Crippen LogP contribution in [0.1, 0.15) is 30.3 Å². The maximum Gasteiger partial charge on any atom is 0.273 e. The summed E-state index contributed by atoms with van der Waals surface area (Å²) >= 11 is 5.97. The number of nitrogens with zero attached hydrogens (tertiary/aromatic N) is 1. The second kappa shape index (κ2) is 6.72. The summed E-state index contributed by atoms with van der Waals surface area (Å²) < 4.78 is 5.26. The van der Waals surface area contributed by atoms with E-state index < -0.39 is 0 Å². The van der Waals surface area contributed by atoms with Gasteiger partial charge in [-0.05, 0) is 43.5 Å². The number of amides is 1. The third-order valence-corrected chi connectivity index (χ3v) is 4.57. The average Bonchev–Trinajstić information content (AvgIpc) is 3.03. The monoisotopic (exact) mass is 333 g/mol. The Labute approximate surface area is 140 Å². The first-order chi connectivity index (χ1) is 11.1. The second-order valence-corrected chi connectivity index (χ2v) is 6.77. The summed E-state index contributed by atoms with van der Waals surface area (Å²) in [7, 11) is 0. The first-order valence-electron chi connectivity index (χ1n) is 7.77. The molecule has 122 valence electrons. The number of piperidine rings is 1. The lowest BCUT2D eigenvalue weighted by atomic mass is 9.81. The van der Waals surface area contributed by atoms with E-state index in [1.54, 1.807) is 18.2 Å². The Bertz CT molecular complexity index is 693. The molecule has 3 rings (SSSR count). The van der Waals surface area contributed by atoms with Crippen LogP contribution in [0.3, 0.4) is 0 Å². The zero-order valence-corrected chi connectivity index (χ0v) is 13.8. The van der Waals surface area contributed by atoms with E-state index in [2.05, 4.69) is 22.7 Å². The maximum atomic E-state index is 12.3. The minimum Gasteiger partial charge on any atom is -0.355 e. The molecule has 1 aromatic carbocycles. The lowest BCUT2D eigenvalue weighted by molar-refractivity contribution is 0.0913. The number of nitrogens with one attached hydrogen (secondary N) is 2. The molecule has 1 aromatic heterocycles. The van der Waals surface area contributed by atoms with E-state index in [0.29, 0.717) is 17.3 Å². The molecule has 1 aliphatic heterocycles. The van der Waals surface area contributed by atoms with Gasteiger partial charge in [-0.3, -0.25) is 4.79 Å². The predicted molar refractivity (Wildman–Crippen MR) is 89.5 cm³/mol. The second-order valence-electron chi connectivity index (χ2n) is 6.33. The van der Waals surface area contributed by atoms with Crippen LogP contribution in [0.4, 0.5) is 0 Å². The highest BCUT2D eigenvalue weighted by Crippen LogP contribution is 2.27. The standard InChI is InChI=1S/C17H20ClN3O2/c1-17(5-7-19-8-6-17)11-20-16(22)14-10-15(23-21-14)12-3-2-4-13(18)9-12/h2-4,9-10,19H,5-8,11H2,1H3,(H,20,22). The van der Waals surface area contributed by atoms with E-state index in [0.717, 1.165) is 31.5 Å². The fourth-order valence-corrected chi connectivity index (χ4v) is 2.94. The van der Waals surface area contributed by atoms with Crippen molar-refractivity contribution in [2.24, 2.45) is 5.41 Å². The number of hydrogen-bond donors (Lipinski definition) is 2. The van der Waals surface area contributed by atoms with Crippen LogP contribution in [0.2, 0.25) is 5.02 Å². The van der Waals surface area contributed by atoms with Crippen LogP contribution < -0.4 is 10.6 Å². The predicted octanol–water partition coefficient (Wildman–Crippen LogP) is 3.11. The van der Waals surface area contributed by atoms with Crippen molar-refractivity contribution in [2.75, 3.05) is 19.6 Å². The van der Waals surface area contributed by atoms with Gasteiger partial charge in [0.15, 0.2) is 11.5 Å². The van der Waals surface area contributed by atoms with Crippen LogP contribution in [0.25, 0.3) is 11.3 Å². The fraction of sp³-hybridized carbons (Fsp3) is 0.412. The quantitative estimate of drug-likeness (QED) is 0.902. The third-order valence-electron chi connectivity index (χ3n) is 4.34. The number of carbonyl (C=O) groups is 1. The summed E-state index contributed by atoms with van der Waals surface area (Å²) in [4.78, 5) is 12.3. The van der Waals surface area contributed by atoms with Crippen molar-refractivity contribution in [3.63, 3.8) is 0 Å². The highest BCUT2D eigenvalue weighted by molar-refractivity contribution is 6.30. The molecule has 0 atom stereocenters. The Hall–Kier alpha value is -1.85. The van der Waals surface area contributed by atoms with Crippen molar-refractivity contribution in [3.05, 3.63) is 41.0 Å². The molecule has 0 spiro atoms. The number of halogens is 1. The van der Waals surface area contributed by atoms with Crippen LogP contribution in [0.15, 0.2) is 34.9 Å². The van der Waals surface area contributed by atoms with Crippen molar-refractivity contribution >= 4 is 17.5 Å². The average molecular weight is 334 g/mol. The van der Waals surface area contributed by atoms with Gasteiger partial charge in [0.05, 0.1) is 0 Å². The minimum atomic E-state index is -0.207. The van der Waals surface area contributed by atoms with Gasteiger partial charge in [-0.2, -0.15) is 0 Å². The molecule has 2 heterocycles. The SMILES string of the molecule is CC1(CNC(=O)c2cc(-c3cccc(Cl)c3)on2)CCNCC1. The Balaban J connectivity index is 1.64. The normalized spacial score (nSPS) is 17.0. The smallest absolute Gasteiger partial charge is 0.273 e. The molecule has 1 amide bonds. The van der Waals surface area contributed by atoms with E-state index in [9.17, 15) is 4.79 Å². The van der Waals surface area contributed by atoms with Crippen LogP contribution >= 0.6 is 11.6 Å². The molecule has 0 aliphatic carbocycles. The van der Waals surface area contributed by atoms with Gasteiger partial charge in [-0.15, -0.1) is 0 Å². The van der Waals surface area contributed by atoms with E-state index in [1.165, 1.54) is 0 Å². The van der Waals surface area contributed by atoms with Crippen molar-refractivity contribution < 1.29 is 9.32 Å². The van der Waals surface area contributed by atoms with E-state index in [-0.39, 0.29) is 17.0 Å². The number of carbonyl (C=O) groups excluding carboxylic acids is 1. The van der Waals surface area contributed by atoms with Gasteiger partial charge in [0.2, 0.25) is 0 Å².